The molecule has 0 aliphatic rings. The third-order valence-corrected chi connectivity index (χ3v) is 3.40. The second-order valence-electron chi connectivity index (χ2n) is 5.31. The minimum Gasteiger partial charge on any atom is -0.496 e. The fourth-order valence-corrected chi connectivity index (χ4v) is 2.20. The number of amides is 2. The number of halogens is 4. The van der Waals surface area contributed by atoms with Crippen LogP contribution < -0.4 is 15.4 Å². The number of ether oxygens (including phenoxy) is 1. The van der Waals surface area contributed by atoms with Gasteiger partial charge in [-0.15, -0.1) is 0 Å². The number of carbonyl (C=O) groups excluding carboxylic acids is 1. The SMILES string of the molecule is COc1cc(NC(=O)Nc2cc(CF)cc(C(F)(F)F)c2)ccc1C. The Kier molecular flexibility index (Phi) is 5.51. The number of benzene rings is 2. The van der Waals surface area contributed by atoms with Gasteiger partial charge >= 0.3 is 12.2 Å². The fourth-order valence-electron chi connectivity index (χ4n) is 2.20. The molecule has 134 valence electrons. The van der Waals surface area contributed by atoms with E-state index in [4.69, 9.17) is 4.74 Å². The second kappa shape index (κ2) is 7.42. The summed E-state index contributed by atoms with van der Waals surface area (Å²) in [5, 5.41) is 4.76. The van der Waals surface area contributed by atoms with E-state index in [1.807, 2.05) is 6.92 Å². The Morgan fingerprint density at radius 1 is 1.08 bits per heavy atom. The molecule has 0 atom stereocenters. The van der Waals surface area contributed by atoms with Crippen molar-refractivity contribution in [1.29, 1.82) is 0 Å². The first-order valence-electron chi connectivity index (χ1n) is 7.22. The van der Waals surface area contributed by atoms with E-state index in [1.54, 1.807) is 18.2 Å². The molecule has 0 fully saturated rings. The number of alkyl halides is 4. The summed E-state index contributed by atoms with van der Waals surface area (Å²) in [7, 11) is 1.48. The zero-order chi connectivity index (χ0) is 18.6. The normalized spacial score (nSPS) is 11.1. The molecule has 2 amide bonds. The van der Waals surface area contributed by atoms with Gasteiger partial charge in [0.25, 0.3) is 0 Å². The number of anilines is 2. The van der Waals surface area contributed by atoms with E-state index < -0.39 is 24.4 Å². The summed E-state index contributed by atoms with van der Waals surface area (Å²) in [5.41, 5.74) is -0.104. The van der Waals surface area contributed by atoms with Crippen molar-refractivity contribution >= 4 is 17.4 Å². The van der Waals surface area contributed by atoms with Crippen molar-refractivity contribution < 1.29 is 27.1 Å². The quantitative estimate of drug-likeness (QED) is 0.746. The Hall–Kier alpha value is -2.77. The van der Waals surface area contributed by atoms with Crippen LogP contribution in [-0.4, -0.2) is 13.1 Å². The largest absolute Gasteiger partial charge is 0.496 e. The van der Waals surface area contributed by atoms with Crippen LogP contribution in [-0.2, 0) is 12.9 Å². The van der Waals surface area contributed by atoms with Crippen LogP contribution in [0.4, 0.5) is 33.7 Å². The van der Waals surface area contributed by atoms with E-state index in [1.165, 1.54) is 7.11 Å². The van der Waals surface area contributed by atoms with E-state index in [0.29, 0.717) is 17.5 Å². The molecule has 0 spiro atoms. The summed E-state index contributed by atoms with van der Waals surface area (Å²) in [5.74, 6) is 0.552. The summed E-state index contributed by atoms with van der Waals surface area (Å²) in [4.78, 5) is 12.0. The summed E-state index contributed by atoms with van der Waals surface area (Å²) >= 11 is 0. The molecular weight excluding hydrogens is 340 g/mol. The lowest BCUT2D eigenvalue weighted by molar-refractivity contribution is -0.137. The molecule has 0 aliphatic heterocycles. The number of nitrogens with one attached hydrogen (secondary N) is 2. The molecule has 2 rings (SSSR count). The monoisotopic (exact) mass is 356 g/mol. The number of hydrogen-bond donors (Lipinski definition) is 2. The first-order valence-corrected chi connectivity index (χ1v) is 7.22. The number of carbonyl (C=O) groups is 1. The summed E-state index contributed by atoms with van der Waals surface area (Å²) in [6.45, 7) is 0.749. The van der Waals surface area contributed by atoms with Gasteiger partial charge in [0.1, 0.15) is 12.4 Å². The van der Waals surface area contributed by atoms with Crippen LogP contribution in [0.5, 0.6) is 5.75 Å². The van der Waals surface area contributed by atoms with Gasteiger partial charge in [-0.05, 0) is 42.3 Å². The predicted molar refractivity (Wildman–Crippen MR) is 86.6 cm³/mol. The highest BCUT2D eigenvalue weighted by Crippen LogP contribution is 2.32. The summed E-state index contributed by atoms with van der Waals surface area (Å²) < 4.78 is 56.4. The topological polar surface area (TPSA) is 50.4 Å². The second-order valence-corrected chi connectivity index (χ2v) is 5.31. The maximum atomic E-state index is 12.8. The average molecular weight is 356 g/mol. The van der Waals surface area contributed by atoms with Gasteiger partial charge in [-0.25, -0.2) is 9.18 Å². The maximum absolute atomic E-state index is 12.8. The first kappa shape index (κ1) is 18.6. The van der Waals surface area contributed by atoms with Crippen LogP contribution in [0.2, 0.25) is 0 Å². The molecule has 0 unspecified atom stereocenters. The average Bonchev–Trinajstić information content (AvgIpc) is 2.55. The van der Waals surface area contributed by atoms with Gasteiger partial charge in [-0.1, -0.05) is 6.07 Å². The number of aryl methyl sites for hydroxylation is 1. The molecule has 0 aromatic heterocycles. The Bertz CT molecular complexity index is 776. The minimum absolute atomic E-state index is 0.154. The Morgan fingerprint density at radius 3 is 2.36 bits per heavy atom. The van der Waals surface area contributed by atoms with Crippen molar-refractivity contribution in [2.24, 2.45) is 0 Å². The predicted octanol–water partition coefficient (Wildman–Crippen LogP) is 5.14. The van der Waals surface area contributed by atoms with Crippen molar-refractivity contribution in [2.75, 3.05) is 17.7 Å². The number of urea groups is 1. The van der Waals surface area contributed by atoms with Crippen molar-refractivity contribution in [2.45, 2.75) is 19.8 Å². The van der Waals surface area contributed by atoms with Gasteiger partial charge in [-0.3, -0.25) is 0 Å². The first-order chi connectivity index (χ1) is 11.7. The molecular formula is C17H16F4N2O2. The zero-order valence-corrected chi connectivity index (χ0v) is 13.5. The van der Waals surface area contributed by atoms with E-state index in [2.05, 4.69) is 10.6 Å². The van der Waals surface area contributed by atoms with Crippen LogP contribution in [0, 0.1) is 6.92 Å². The highest BCUT2D eigenvalue weighted by atomic mass is 19.4. The Labute approximate surface area is 141 Å². The molecule has 2 aromatic rings. The highest BCUT2D eigenvalue weighted by molar-refractivity contribution is 6.00. The Morgan fingerprint density at radius 2 is 1.76 bits per heavy atom. The van der Waals surface area contributed by atoms with Crippen molar-refractivity contribution in [3.05, 3.63) is 53.1 Å². The zero-order valence-electron chi connectivity index (χ0n) is 13.5. The van der Waals surface area contributed by atoms with Crippen LogP contribution in [0.1, 0.15) is 16.7 Å². The Balaban J connectivity index is 2.17. The van der Waals surface area contributed by atoms with E-state index in [-0.39, 0.29) is 11.3 Å². The van der Waals surface area contributed by atoms with Crippen molar-refractivity contribution in [3.8, 4) is 5.75 Å². The highest BCUT2D eigenvalue weighted by Gasteiger charge is 2.31. The maximum Gasteiger partial charge on any atom is 0.416 e. The molecule has 2 aromatic carbocycles. The van der Waals surface area contributed by atoms with E-state index >= 15 is 0 Å². The van der Waals surface area contributed by atoms with Gasteiger partial charge in [0, 0.05) is 17.4 Å². The van der Waals surface area contributed by atoms with Gasteiger partial charge in [0.15, 0.2) is 0 Å². The molecule has 0 aliphatic carbocycles. The standard InChI is InChI=1S/C17H16F4N2O2/c1-10-3-4-13(8-15(10)25-2)22-16(24)23-14-6-11(9-18)5-12(7-14)17(19,20)21/h3-8H,9H2,1-2H3,(H2,22,23,24). The van der Waals surface area contributed by atoms with Crippen LogP contribution >= 0.6 is 0 Å². The molecule has 0 saturated heterocycles. The molecule has 0 heterocycles. The molecule has 0 bridgehead atoms. The van der Waals surface area contributed by atoms with Gasteiger partial charge in [0.05, 0.1) is 12.7 Å². The smallest absolute Gasteiger partial charge is 0.416 e. The third kappa shape index (κ3) is 4.85. The van der Waals surface area contributed by atoms with Crippen molar-refractivity contribution in [1.82, 2.24) is 0 Å². The van der Waals surface area contributed by atoms with Crippen molar-refractivity contribution in [3.63, 3.8) is 0 Å². The van der Waals surface area contributed by atoms with Crippen LogP contribution in [0.3, 0.4) is 0 Å². The fraction of sp³-hybridized carbons (Fsp3) is 0.235. The molecule has 2 N–H and O–H groups in total. The molecule has 4 nitrogen and oxygen atoms in total. The lowest BCUT2D eigenvalue weighted by atomic mass is 10.1. The van der Waals surface area contributed by atoms with Crippen LogP contribution in [0.15, 0.2) is 36.4 Å². The third-order valence-electron chi connectivity index (χ3n) is 3.40. The van der Waals surface area contributed by atoms with E-state index in [0.717, 1.165) is 17.7 Å². The summed E-state index contributed by atoms with van der Waals surface area (Å²) in [6, 6.07) is 6.76. The molecule has 0 radical (unpaired) electrons. The number of methoxy groups -OCH3 is 1. The molecule has 8 heteroatoms. The lowest BCUT2D eigenvalue weighted by Gasteiger charge is -2.13. The number of rotatable bonds is 4. The lowest BCUT2D eigenvalue weighted by Crippen LogP contribution is -2.20. The van der Waals surface area contributed by atoms with Gasteiger partial charge < -0.3 is 15.4 Å². The van der Waals surface area contributed by atoms with Gasteiger partial charge in [-0.2, -0.15) is 13.2 Å². The van der Waals surface area contributed by atoms with Crippen LogP contribution in [0.25, 0.3) is 0 Å². The van der Waals surface area contributed by atoms with E-state index in [9.17, 15) is 22.4 Å². The minimum atomic E-state index is -4.64. The molecule has 25 heavy (non-hydrogen) atoms. The van der Waals surface area contributed by atoms with Gasteiger partial charge in [0.2, 0.25) is 0 Å². The summed E-state index contributed by atoms with van der Waals surface area (Å²) in [6.07, 6.45) is -4.64. The molecule has 0 saturated carbocycles. The number of hydrogen-bond acceptors (Lipinski definition) is 2.